The van der Waals surface area contributed by atoms with Crippen molar-refractivity contribution in [2.24, 2.45) is 5.92 Å². The Morgan fingerprint density at radius 3 is 2.71 bits per heavy atom. The average Bonchev–Trinajstić information content (AvgIpc) is 2.96. The second kappa shape index (κ2) is 6.89. The van der Waals surface area contributed by atoms with Crippen LogP contribution in [0.15, 0.2) is 18.2 Å². The third-order valence-electron chi connectivity index (χ3n) is 3.87. The van der Waals surface area contributed by atoms with Crippen LogP contribution in [0.4, 0.5) is 10.1 Å². The molecule has 0 bridgehead atoms. The van der Waals surface area contributed by atoms with Gasteiger partial charge in [0, 0.05) is 45.4 Å². The fourth-order valence-electron chi connectivity index (χ4n) is 2.52. The van der Waals surface area contributed by atoms with Gasteiger partial charge in [0.05, 0.1) is 12.2 Å². The molecule has 4 nitrogen and oxygen atoms in total. The minimum Gasteiger partial charge on any atom is -0.381 e. The van der Waals surface area contributed by atoms with E-state index in [1.807, 2.05) is 25.9 Å². The number of rotatable bonds is 5. The van der Waals surface area contributed by atoms with Crippen molar-refractivity contribution in [2.75, 3.05) is 45.3 Å². The Bertz CT molecular complexity index is 499. The first-order valence-corrected chi connectivity index (χ1v) is 7.36. The second-order valence-electron chi connectivity index (χ2n) is 5.63. The summed E-state index contributed by atoms with van der Waals surface area (Å²) in [5.74, 6) is -0.350. The minimum atomic E-state index is -0.465. The monoisotopic (exact) mass is 294 g/mol. The fraction of sp³-hybridized carbons (Fsp3) is 0.562. The maximum absolute atomic E-state index is 14.2. The highest BCUT2D eigenvalue weighted by Gasteiger charge is 2.24. The van der Waals surface area contributed by atoms with Gasteiger partial charge < -0.3 is 14.5 Å². The number of carbonyl (C=O) groups is 1. The molecule has 0 saturated carbocycles. The Morgan fingerprint density at radius 2 is 2.19 bits per heavy atom. The van der Waals surface area contributed by atoms with Gasteiger partial charge in [0.15, 0.2) is 0 Å². The summed E-state index contributed by atoms with van der Waals surface area (Å²) >= 11 is 0. The largest absolute Gasteiger partial charge is 0.381 e. The number of ether oxygens (including phenoxy) is 1. The highest BCUT2D eigenvalue weighted by Crippen LogP contribution is 2.20. The van der Waals surface area contributed by atoms with Crippen molar-refractivity contribution in [2.45, 2.75) is 13.3 Å². The van der Waals surface area contributed by atoms with Crippen molar-refractivity contribution in [3.63, 3.8) is 0 Å². The Labute approximate surface area is 125 Å². The smallest absolute Gasteiger partial charge is 0.256 e. The van der Waals surface area contributed by atoms with Gasteiger partial charge in [-0.2, -0.15) is 0 Å². The summed E-state index contributed by atoms with van der Waals surface area (Å²) in [4.78, 5) is 16.0. The topological polar surface area (TPSA) is 32.8 Å². The number of amides is 1. The number of halogens is 1. The van der Waals surface area contributed by atoms with Crippen molar-refractivity contribution in [3.05, 3.63) is 29.6 Å². The van der Waals surface area contributed by atoms with Crippen molar-refractivity contribution in [1.82, 2.24) is 4.90 Å². The lowest BCUT2D eigenvalue weighted by molar-refractivity contribution is 0.0726. The fourth-order valence-corrected chi connectivity index (χ4v) is 2.52. The number of nitrogens with zero attached hydrogens (tertiary/aromatic N) is 2. The van der Waals surface area contributed by atoms with E-state index in [0.717, 1.165) is 18.7 Å². The molecule has 2 rings (SSSR count). The molecule has 0 aliphatic carbocycles. The predicted octanol–water partition coefficient (Wildman–Crippen LogP) is 2.39. The third-order valence-corrected chi connectivity index (χ3v) is 3.87. The lowest BCUT2D eigenvalue weighted by Crippen LogP contribution is -2.36. The van der Waals surface area contributed by atoms with E-state index in [-0.39, 0.29) is 11.5 Å². The molecule has 0 unspecified atom stereocenters. The van der Waals surface area contributed by atoms with E-state index >= 15 is 0 Å². The molecule has 1 aliphatic rings. The van der Waals surface area contributed by atoms with Crippen molar-refractivity contribution < 1.29 is 13.9 Å². The standard InChI is InChI=1S/C16H23FN2O2/c1-4-19(10-12-7-8-21-11-12)16(20)14-6-5-13(18(2)3)9-15(14)17/h5-6,9,12H,4,7-8,10-11H2,1-3H3/t12-/m1/s1. The Morgan fingerprint density at radius 1 is 1.43 bits per heavy atom. The lowest BCUT2D eigenvalue weighted by Gasteiger charge is -2.24. The molecule has 1 atom stereocenters. The molecule has 5 heteroatoms. The van der Waals surface area contributed by atoms with Crippen molar-refractivity contribution >= 4 is 11.6 Å². The SMILES string of the molecule is CCN(C[C@H]1CCOC1)C(=O)c1ccc(N(C)C)cc1F. The lowest BCUT2D eigenvalue weighted by atomic mass is 10.1. The molecule has 1 amide bonds. The Kier molecular flexibility index (Phi) is 5.17. The van der Waals surface area contributed by atoms with Gasteiger partial charge in [-0.3, -0.25) is 4.79 Å². The molecule has 116 valence electrons. The molecular weight excluding hydrogens is 271 g/mol. The first kappa shape index (κ1) is 15.8. The third kappa shape index (κ3) is 3.73. The maximum Gasteiger partial charge on any atom is 0.256 e. The van der Waals surface area contributed by atoms with Crippen LogP contribution in [0, 0.1) is 11.7 Å². The van der Waals surface area contributed by atoms with Gasteiger partial charge in [0.1, 0.15) is 5.82 Å². The molecule has 1 heterocycles. The zero-order valence-corrected chi connectivity index (χ0v) is 12.9. The Balaban J connectivity index is 2.13. The molecule has 0 aromatic heterocycles. The number of hydrogen-bond acceptors (Lipinski definition) is 3. The van der Waals surface area contributed by atoms with Crippen LogP contribution in [0.25, 0.3) is 0 Å². The number of hydrogen-bond donors (Lipinski definition) is 0. The summed E-state index contributed by atoms with van der Waals surface area (Å²) in [5.41, 5.74) is 0.887. The highest BCUT2D eigenvalue weighted by molar-refractivity contribution is 5.94. The van der Waals surface area contributed by atoms with Gasteiger partial charge in [0.25, 0.3) is 5.91 Å². The first-order valence-electron chi connectivity index (χ1n) is 7.36. The van der Waals surface area contributed by atoms with E-state index < -0.39 is 5.82 Å². The second-order valence-corrected chi connectivity index (χ2v) is 5.63. The van der Waals surface area contributed by atoms with Crippen LogP contribution in [0.5, 0.6) is 0 Å². The van der Waals surface area contributed by atoms with Gasteiger partial charge in [-0.1, -0.05) is 0 Å². The number of anilines is 1. The van der Waals surface area contributed by atoms with E-state index in [1.165, 1.54) is 6.07 Å². The van der Waals surface area contributed by atoms with E-state index in [9.17, 15) is 9.18 Å². The van der Waals surface area contributed by atoms with Gasteiger partial charge >= 0.3 is 0 Å². The molecule has 1 saturated heterocycles. The summed E-state index contributed by atoms with van der Waals surface area (Å²) in [6.07, 6.45) is 0.964. The molecule has 0 radical (unpaired) electrons. The molecule has 1 aromatic carbocycles. The van der Waals surface area contributed by atoms with Crippen molar-refractivity contribution in [1.29, 1.82) is 0 Å². The summed E-state index contributed by atoms with van der Waals surface area (Å²) in [6, 6.07) is 4.74. The zero-order chi connectivity index (χ0) is 15.4. The Hall–Kier alpha value is -1.62. The normalized spacial score (nSPS) is 17.8. The molecule has 1 fully saturated rings. The average molecular weight is 294 g/mol. The number of benzene rings is 1. The minimum absolute atomic E-state index is 0.140. The van der Waals surface area contributed by atoms with Crippen LogP contribution in [0.1, 0.15) is 23.7 Å². The van der Waals surface area contributed by atoms with Gasteiger partial charge in [0.2, 0.25) is 0 Å². The first-order chi connectivity index (χ1) is 10.0. The van der Waals surface area contributed by atoms with E-state index in [0.29, 0.717) is 25.6 Å². The molecule has 1 aliphatic heterocycles. The van der Waals surface area contributed by atoms with Gasteiger partial charge in [-0.15, -0.1) is 0 Å². The molecule has 0 spiro atoms. The van der Waals surface area contributed by atoms with Crippen LogP contribution in [-0.4, -0.2) is 51.2 Å². The predicted molar refractivity (Wildman–Crippen MR) is 81.2 cm³/mol. The van der Waals surface area contributed by atoms with Crippen LogP contribution in [0.3, 0.4) is 0 Å². The van der Waals surface area contributed by atoms with Crippen molar-refractivity contribution in [3.8, 4) is 0 Å². The van der Waals surface area contributed by atoms with Crippen LogP contribution >= 0.6 is 0 Å². The van der Waals surface area contributed by atoms with E-state index in [4.69, 9.17) is 4.74 Å². The quantitative estimate of drug-likeness (QED) is 0.836. The van der Waals surface area contributed by atoms with Gasteiger partial charge in [-0.05, 0) is 31.5 Å². The molecule has 21 heavy (non-hydrogen) atoms. The van der Waals surface area contributed by atoms with E-state index in [1.54, 1.807) is 17.0 Å². The van der Waals surface area contributed by atoms with E-state index in [2.05, 4.69) is 0 Å². The molecule has 0 N–H and O–H groups in total. The van der Waals surface area contributed by atoms with Crippen LogP contribution in [-0.2, 0) is 4.74 Å². The van der Waals surface area contributed by atoms with Gasteiger partial charge in [-0.25, -0.2) is 4.39 Å². The summed E-state index contributed by atoms with van der Waals surface area (Å²) < 4.78 is 19.5. The zero-order valence-electron chi connectivity index (χ0n) is 12.9. The van der Waals surface area contributed by atoms with Crippen LogP contribution in [0.2, 0.25) is 0 Å². The summed E-state index contributed by atoms with van der Waals surface area (Å²) in [5, 5.41) is 0. The summed E-state index contributed by atoms with van der Waals surface area (Å²) in [7, 11) is 3.68. The maximum atomic E-state index is 14.2. The number of carbonyl (C=O) groups excluding carboxylic acids is 1. The summed E-state index contributed by atoms with van der Waals surface area (Å²) in [6.45, 7) is 4.56. The highest BCUT2D eigenvalue weighted by atomic mass is 19.1. The molecular formula is C16H23FN2O2. The molecule has 1 aromatic rings. The van der Waals surface area contributed by atoms with Crippen LogP contribution < -0.4 is 4.90 Å².